The predicted molar refractivity (Wildman–Crippen MR) is 68.8 cm³/mol. The SMILES string of the molecule is O=C(Nc1nnc(C(F)F)s1)NC(C1CCCC1)C(F)(F)F. The number of nitrogens with one attached hydrogen (secondary N) is 2. The molecule has 0 bridgehead atoms. The molecule has 1 heterocycles. The predicted octanol–water partition coefficient (Wildman–Crippen LogP) is 3.72. The van der Waals surface area contributed by atoms with Crippen molar-refractivity contribution in [1.82, 2.24) is 15.5 Å². The van der Waals surface area contributed by atoms with Gasteiger partial charge in [0.15, 0.2) is 5.01 Å². The zero-order chi connectivity index (χ0) is 16.3. The minimum absolute atomic E-state index is 0.278. The van der Waals surface area contributed by atoms with E-state index in [9.17, 15) is 26.7 Å². The Morgan fingerprint density at radius 2 is 1.86 bits per heavy atom. The molecule has 0 aromatic carbocycles. The van der Waals surface area contributed by atoms with Gasteiger partial charge in [0.05, 0.1) is 0 Å². The monoisotopic (exact) mass is 344 g/mol. The smallest absolute Gasteiger partial charge is 0.326 e. The first kappa shape index (κ1) is 16.8. The maximum Gasteiger partial charge on any atom is 0.408 e. The number of carbonyl (C=O) groups is 1. The number of carbonyl (C=O) groups excluding carboxylic acids is 1. The number of hydrogen-bond donors (Lipinski definition) is 2. The maximum absolute atomic E-state index is 13.0. The van der Waals surface area contributed by atoms with Gasteiger partial charge >= 0.3 is 12.2 Å². The molecule has 2 amide bonds. The van der Waals surface area contributed by atoms with Gasteiger partial charge in [-0.15, -0.1) is 10.2 Å². The lowest BCUT2D eigenvalue weighted by Crippen LogP contribution is -2.50. The first-order chi connectivity index (χ1) is 10.3. The van der Waals surface area contributed by atoms with Crippen molar-refractivity contribution >= 4 is 22.5 Å². The van der Waals surface area contributed by atoms with E-state index in [0.717, 1.165) is 0 Å². The molecule has 0 radical (unpaired) electrons. The van der Waals surface area contributed by atoms with E-state index in [1.54, 1.807) is 0 Å². The third-order valence-electron chi connectivity index (χ3n) is 3.36. The molecule has 1 aromatic rings. The Hall–Kier alpha value is -1.52. The molecule has 2 N–H and O–H groups in total. The molecule has 0 aliphatic heterocycles. The van der Waals surface area contributed by atoms with Crippen molar-refractivity contribution in [3.63, 3.8) is 0 Å². The van der Waals surface area contributed by atoms with Crippen LogP contribution in [0.5, 0.6) is 0 Å². The zero-order valence-corrected chi connectivity index (χ0v) is 12.0. The highest BCUT2D eigenvalue weighted by molar-refractivity contribution is 7.15. The highest BCUT2D eigenvalue weighted by atomic mass is 32.1. The number of rotatable bonds is 4. The molecular formula is C11H13F5N4OS. The Morgan fingerprint density at radius 3 is 2.36 bits per heavy atom. The van der Waals surface area contributed by atoms with Crippen LogP contribution in [0.4, 0.5) is 31.9 Å². The third kappa shape index (κ3) is 4.24. The van der Waals surface area contributed by atoms with Crippen molar-refractivity contribution in [2.45, 2.75) is 44.3 Å². The highest BCUT2D eigenvalue weighted by Gasteiger charge is 2.46. The van der Waals surface area contributed by atoms with Gasteiger partial charge in [-0.1, -0.05) is 24.2 Å². The molecule has 5 nitrogen and oxygen atoms in total. The first-order valence-corrected chi connectivity index (χ1v) is 7.35. The van der Waals surface area contributed by atoms with Gasteiger partial charge in [-0.3, -0.25) is 5.32 Å². The lowest BCUT2D eigenvalue weighted by atomic mass is 9.98. The Morgan fingerprint density at radius 1 is 1.23 bits per heavy atom. The molecule has 1 atom stereocenters. The molecular weight excluding hydrogens is 331 g/mol. The van der Waals surface area contributed by atoms with Gasteiger partial charge in [-0.05, 0) is 18.8 Å². The molecule has 11 heteroatoms. The number of nitrogens with zero attached hydrogens (tertiary/aromatic N) is 2. The van der Waals surface area contributed by atoms with E-state index in [2.05, 4.69) is 10.2 Å². The summed E-state index contributed by atoms with van der Waals surface area (Å²) >= 11 is 0.411. The number of alkyl halides is 5. The van der Waals surface area contributed by atoms with Crippen LogP contribution < -0.4 is 10.6 Å². The van der Waals surface area contributed by atoms with E-state index in [4.69, 9.17) is 0 Å². The number of urea groups is 1. The van der Waals surface area contributed by atoms with Crippen molar-refractivity contribution in [2.75, 3.05) is 5.32 Å². The van der Waals surface area contributed by atoms with Crippen molar-refractivity contribution in [1.29, 1.82) is 0 Å². The van der Waals surface area contributed by atoms with Gasteiger partial charge in [0.25, 0.3) is 6.43 Å². The van der Waals surface area contributed by atoms with E-state index in [1.165, 1.54) is 0 Å². The van der Waals surface area contributed by atoms with Crippen LogP contribution in [-0.4, -0.2) is 28.4 Å². The van der Waals surface area contributed by atoms with Crippen molar-refractivity contribution in [3.05, 3.63) is 5.01 Å². The molecule has 1 aliphatic carbocycles. The van der Waals surface area contributed by atoms with E-state index in [-0.39, 0.29) is 5.13 Å². The van der Waals surface area contributed by atoms with Crippen LogP contribution in [0.1, 0.15) is 37.1 Å². The van der Waals surface area contributed by atoms with Crippen LogP contribution in [0.2, 0.25) is 0 Å². The topological polar surface area (TPSA) is 66.9 Å². The fourth-order valence-electron chi connectivity index (χ4n) is 2.41. The van der Waals surface area contributed by atoms with Crippen LogP contribution in [0.15, 0.2) is 0 Å². The third-order valence-corrected chi connectivity index (χ3v) is 4.20. The molecule has 1 saturated carbocycles. The van der Waals surface area contributed by atoms with Gasteiger partial charge in [-0.2, -0.15) is 13.2 Å². The number of aromatic nitrogens is 2. The summed E-state index contributed by atoms with van der Waals surface area (Å²) in [5, 5.41) is 9.38. The second-order valence-electron chi connectivity index (χ2n) is 4.91. The van der Waals surface area contributed by atoms with Crippen molar-refractivity contribution < 1.29 is 26.7 Å². The van der Waals surface area contributed by atoms with Crippen molar-refractivity contribution in [3.8, 4) is 0 Å². The van der Waals surface area contributed by atoms with Crippen LogP contribution in [0.25, 0.3) is 0 Å². The number of amides is 2. The summed E-state index contributed by atoms with van der Waals surface area (Å²) in [6.45, 7) is 0. The Kier molecular flexibility index (Phi) is 5.14. The molecule has 1 aliphatic rings. The first-order valence-electron chi connectivity index (χ1n) is 6.53. The second kappa shape index (κ2) is 6.71. The van der Waals surface area contributed by atoms with E-state index < -0.39 is 35.6 Å². The summed E-state index contributed by atoms with van der Waals surface area (Å²) < 4.78 is 63.7. The summed E-state index contributed by atoms with van der Waals surface area (Å²) in [7, 11) is 0. The minimum Gasteiger partial charge on any atom is -0.326 e. The summed E-state index contributed by atoms with van der Waals surface area (Å²) in [4.78, 5) is 11.6. The molecule has 22 heavy (non-hydrogen) atoms. The van der Waals surface area contributed by atoms with Gasteiger partial charge in [0.2, 0.25) is 5.13 Å². The molecule has 0 spiro atoms. The maximum atomic E-state index is 13.0. The van der Waals surface area contributed by atoms with E-state index >= 15 is 0 Å². The number of hydrogen-bond acceptors (Lipinski definition) is 4. The Balaban J connectivity index is 1.98. The lowest BCUT2D eigenvalue weighted by Gasteiger charge is -2.26. The summed E-state index contributed by atoms with van der Waals surface area (Å²) in [6, 6.07) is -3.09. The average Bonchev–Trinajstić information content (AvgIpc) is 3.05. The fourth-order valence-corrected chi connectivity index (χ4v) is 3.00. The molecule has 0 saturated heterocycles. The van der Waals surface area contributed by atoms with Crippen LogP contribution in [0.3, 0.4) is 0 Å². The number of halogens is 5. The van der Waals surface area contributed by atoms with E-state index in [0.29, 0.717) is 37.0 Å². The van der Waals surface area contributed by atoms with Gasteiger partial charge in [0.1, 0.15) is 6.04 Å². The standard InChI is InChI=1S/C11H13F5N4OS/c12-7(13)8-19-20-10(22-8)18-9(21)17-6(11(14,15)16)5-3-1-2-4-5/h5-7H,1-4H2,(H2,17,18,20,21). The Bertz CT molecular complexity index is 515. The zero-order valence-electron chi connectivity index (χ0n) is 11.2. The fraction of sp³-hybridized carbons (Fsp3) is 0.727. The molecule has 1 aromatic heterocycles. The van der Waals surface area contributed by atoms with Gasteiger partial charge < -0.3 is 5.32 Å². The summed E-state index contributed by atoms with van der Waals surface area (Å²) in [5.74, 6) is -0.670. The molecule has 2 rings (SSSR count). The normalized spacial score (nSPS) is 17.7. The van der Waals surface area contributed by atoms with Crippen LogP contribution in [-0.2, 0) is 0 Å². The van der Waals surface area contributed by atoms with Crippen molar-refractivity contribution in [2.24, 2.45) is 5.92 Å². The van der Waals surface area contributed by atoms with Crippen LogP contribution in [0, 0.1) is 5.92 Å². The summed E-state index contributed by atoms with van der Waals surface area (Å²) in [5.41, 5.74) is 0. The number of anilines is 1. The largest absolute Gasteiger partial charge is 0.408 e. The quantitative estimate of drug-likeness (QED) is 0.818. The van der Waals surface area contributed by atoms with Crippen LogP contribution >= 0.6 is 11.3 Å². The molecule has 1 unspecified atom stereocenters. The minimum atomic E-state index is -4.57. The molecule has 1 fully saturated rings. The van der Waals surface area contributed by atoms with E-state index in [1.807, 2.05) is 10.6 Å². The van der Waals surface area contributed by atoms with Gasteiger partial charge in [-0.25, -0.2) is 13.6 Å². The Labute approximate surface area is 126 Å². The highest BCUT2D eigenvalue weighted by Crippen LogP contribution is 2.35. The second-order valence-corrected chi connectivity index (χ2v) is 5.92. The average molecular weight is 344 g/mol. The van der Waals surface area contributed by atoms with Gasteiger partial charge in [0, 0.05) is 0 Å². The molecule has 124 valence electrons. The summed E-state index contributed by atoms with van der Waals surface area (Å²) in [6.07, 6.45) is -5.26. The lowest BCUT2D eigenvalue weighted by molar-refractivity contribution is -0.164.